The van der Waals surface area contributed by atoms with Crippen LogP contribution in [0.3, 0.4) is 0 Å². The highest BCUT2D eigenvalue weighted by molar-refractivity contribution is 5.78. The molecule has 0 N–H and O–H groups in total. The number of aldehydes is 1. The van der Waals surface area contributed by atoms with Gasteiger partial charge in [0.05, 0.1) is 12.3 Å². The van der Waals surface area contributed by atoms with E-state index in [0.29, 0.717) is 6.61 Å². The number of hydroxylamine groups is 1. The Labute approximate surface area is 97.0 Å². The Morgan fingerprint density at radius 3 is 2.56 bits per heavy atom. The minimum Gasteiger partial charge on any atom is -0.298 e. The average molecular weight is 221 g/mol. The molecule has 0 radical (unpaired) electrons. The zero-order chi connectivity index (χ0) is 12.0. The Kier molecular flexibility index (Phi) is 4.99. The molecule has 0 fully saturated rings. The molecule has 0 aliphatic carbocycles. The fraction of sp³-hybridized carbons (Fsp3) is 0.462. The van der Waals surface area contributed by atoms with Crippen LogP contribution in [0.4, 0.5) is 5.69 Å². The number of aryl methyl sites for hydroxylation is 1. The molecule has 0 aliphatic rings. The second kappa shape index (κ2) is 6.28. The van der Waals surface area contributed by atoms with Crippen LogP contribution in [0.2, 0.25) is 0 Å². The molecule has 0 aromatic heterocycles. The van der Waals surface area contributed by atoms with E-state index in [0.717, 1.165) is 36.1 Å². The number of hydrogen-bond donors (Lipinski definition) is 0. The van der Waals surface area contributed by atoms with Gasteiger partial charge in [-0.1, -0.05) is 6.92 Å². The maximum atomic E-state index is 10.8. The van der Waals surface area contributed by atoms with Crippen molar-refractivity contribution in [2.45, 2.75) is 27.2 Å². The summed E-state index contributed by atoms with van der Waals surface area (Å²) in [6.07, 6.45) is 1.76. The normalized spacial score (nSPS) is 10.2. The lowest BCUT2D eigenvalue weighted by molar-refractivity contribution is 0.112. The van der Waals surface area contributed by atoms with Crippen LogP contribution in [0.15, 0.2) is 18.2 Å². The molecule has 16 heavy (non-hydrogen) atoms. The molecular formula is C13H19NO2. The highest BCUT2D eigenvalue weighted by Crippen LogP contribution is 2.19. The third kappa shape index (κ3) is 2.83. The second-order valence-electron chi connectivity index (χ2n) is 3.47. The summed E-state index contributed by atoms with van der Waals surface area (Å²) in [5.74, 6) is 0. The number of benzene rings is 1. The number of rotatable bonds is 6. The first-order valence-electron chi connectivity index (χ1n) is 5.75. The lowest BCUT2D eigenvalue weighted by atomic mass is 10.1. The molecule has 1 aromatic rings. The van der Waals surface area contributed by atoms with Gasteiger partial charge >= 0.3 is 0 Å². The Morgan fingerprint density at radius 2 is 2.06 bits per heavy atom. The lowest BCUT2D eigenvalue weighted by Crippen LogP contribution is -2.23. The van der Waals surface area contributed by atoms with E-state index in [1.165, 1.54) is 0 Å². The summed E-state index contributed by atoms with van der Waals surface area (Å²) in [5, 5.41) is 1.84. The van der Waals surface area contributed by atoms with E-state index < -0.39 is 0 Å². The van der Waals surface area contributed by atoms with Crippen LogP contribution in [0, 0.1) is 0 Å². The van der Waals surface area contributed by atoms with Gasteiger partial charge in [0.1, 0.15) is 6.29 Å². The molecule has 0 unspecified atom stereocenters. The van der Waals surface area contributed by atoms with Crippen LogP contribution in [0.1, 0.15) is 36.7 Å². The van der Waals surface area contributed by atoms with Crippen molar-refractivity contribution in [2.24, 2.45) is 0 Å². The molecule has 0 aliphatic heterocycles. The lowest BCUT2D eigenvalue weighted by Gasteiger charge is -2.22. The van der Waals surface area contributed by atoms with Crippen molar-refractivity contribution in [3.63, 3.8) is 0 Å². The van der Waals surface area contributed by atoms with E-state index in [4.69, 9.17) is 4.84 Å². The maximum Gasteiger partial charge on any atom is 0.150 e. The van der Waals surface area contributed by atoms with E-state index in [2.05, 4.69) is 0 Å². The first-order chi connectivity index (χ1) is 7.76. The summed E-state index contributed by atoms with van der Waals surface area (Å²) in [4.78, 5) is 16.3. The molecule has 3 heteroatoms. The zero-order valence-corrected chi connectivity index (χ0v) is 10.2. The molecule has 1 rings (SSSR count). The summed E-state index contributed by atoms with van der Waals surface area (Å²) >= 11 is 0. The fourth-order valence-corrected chi connectivity index (χ4v) is 1.67. The number of anilines is 1. The predicted molar refractivity (Wildman–Crippen MR) is 65.9 cm³/mol. The fourth-order valence-electron chi connectivity index (χ4n) is 1.67. The summed E-state index contributed by atoms with van der Waals surface area (Å²) < 4.78 is 0. The SMILES string of the molecule is CCON(CC)c1ccc(C=O)c(CC)c1. The van der Waals surface area contributed by atoms with Crippen molar-refractivity contribution in [3.8, 4) is 0 Å². The van der Waals surface area contributed by atoms with E-state index in [9.17, 15) is 4.79 Å². The number of carbonyl (C=O) groups is 1. The van der Waals surface area contributed by atoms with Crippen molar-refractivity contribution < 1.29 is 9.63 Å². The topological polar surface area (TPSA) is 29.5 Å². The van der Waals surface area contributed by atoms with Gasteiger partial charge in [0.2, 0.25) is 0 Å². The Morgan fingerprint density at radius 1 is 1.31 bits per heavy atom. The highest BCUT2D eigenvalue weighted by Gasteiger charge is 2.07. The third-order valence-electron chi connectivity index (χ3n) is 2.49. The first-order valence-corrected chi connectivity index (χ1v) is 5.75. The van der Waals surface area contributed by atoms with Crippen LogP contribution in [0.5, 0.6) is 0 Å². The molecule has 0 amide bonds. The summed E-state index contributed by atoms with van der Waals surface area (Å²) in [6.45, 7) is 7.48. The van der Waals surface area contributed by atoms with Gasteiger partial charge in [-0.3, -0.25) is 14.7 Å². The van der Waals surface area contributed by atoms with E-state index in [1.807, 2.05) is 44.0 Å². The maximum absolute atomic E-state index is 10.8. The number of nitrogens with zero attached hydrogens (tertiary/aromatic N) is 1. The number of carbonyl (C=O) groups excluding carboxylic acids is 1. The van der Waals surface area contributed by atoms with Gasteiger partial charge in [0, 0.05) is 12.1 Å². The van der Waals surface area contributed by atoms with Gasteiger partial charge in [-0.2, -0.15) is 0 Å². The third-order valence-corrected chi connectivity index (χ3v) is 2.49. The Bertz CT molecular complexity index is 350. The standard InChI is InChI=1S/C13H19NO2/c1-4-11-9-13(8-7-12(11)10-15)14(5-2)16-6-3/h7-10H,4-6H2,1-3H3. The molecule has 3 nitrogen and oxygen atoms in total. The van der Waals surface area contributed by atoms with Crippen LogP contribution in [-0.2, 0) is 11.3 Å². The van der Waals surface area contributed by atoms with Crippen molar-refractivity contribution in [3.05, 3.63) is 29.3 Å². The van der Waals surface area contributed by atoms with E-state index >= 15 is 0 Å². The number of hydrogen-bond acceptors (Lipinski definition) is 3. The van der Waals surface area contributed by atoms with Gasteiger partial charge in [0.15, 0.2) is 0 Å². The Hall–Kier alpha value is -1.35. The predicted octanol–water partition coefficient (Wildman–Crippen LogP) is 2.84. The van der Waals surface area contributed by atoms with Crippen molar-refractivity contribution >= 4 is 12.0 Å². The largest absolute Gasteiger partial charge is 0.298 e. The molecule has 0 bridgehead atoms. The van der Waals surface area contributed by atoms with Gasteiger partial charge in [-0.25, -0.2) is 0 Å². The monoisotopic (exact) mass is 221 g/mol. The quantitative estimate of drug-likeness (QED) is 0.546. The van der Waals surface area contributed by atoms with Crippen LogP contribution < -0.4 is 5.06 Å². The second-order valence-corrected chi connectivity index (χ2v) is 3.47. The first kappa shape index (κ1) is 12.7. The summed E-state index contributed by atoms with van der Waals surface area (Å²) in [7, 11) is 0. The van der Waals surface area contributed by atoms with Crippen LogP contribution in [0.25, 0.3) is 0 Å². The van der Waals surface area contributed by atoms with Gasteiger partial charge in [-0.05, 0) is 44.0 Å². The van der Waals surface area contributed by atoms with Gasteiger partial charge < -0.3 is 0 Å². The van der Waals surface area contributed by atoms with Crippen molar-refractivity contribution in [1.82, 2.24) is 0 Å². The smallest absolute Gasteiger partial charge is 0.150 e. The van der Waals surface area contributed by atoms with Gasteiger partial charge in [-0.15, -0.1) is 0 Å². The van der Waals surface area contributed by atoms with Crippen molar-refractivity contribution in [1.29, 1.82) is 0 Å². The highest BCUT2D eigenvalue weighted by atomic mass is 16.7. The summed E-state index contributed by atoms with van der Waals surface area (Å²) in [6, 6.07) is 5.79. The van der Waals surface area contributed by atoms with Crippen LogP contribution >= 0.6 is 0 Å². The molecule has 88 valence electrons. The van der Waals surface area contributed by atoms with Crippen LogP contribution in [-0.4, -0.2) is 19.4 Å². The average Bonchev–Trinajstić information content (AvgIpc) is 2.35. The van der Waals surface area contributed by atoms with Gasteiger partial charge in [0.25, 0.3) is 0 Å². The van der Waals surface area contributed by atoms with E-state index in [-0.39, 0.29) is 0 Å². The minimum absolute atomic E-state index is 0.644. The molecule has 0 saturated heterocycles. The molecule has 1 aromatic carbocycles. The molecule has 0 heterocycles. The van der Waals surface area contributed by atoms with E-state index in [1.54, 1.807) is 0 Å². The Balaban J connectivity index is 3.00. The molecule has 0 spiro atoms. The minimum atomic E-state index is 0.644. The molecular weight excluding hydrogens is 202 g/mol. The van der Waals surface area contributed by atoms with Crippen molar-refractivity contribution in [2.75, 3.05) is 18.2 Å². The molecule has 0 atom stereocenters. The summed E-state index contributed by atoms with van der Waals surface area (Å²) in [5.41, 5.74) is 2.83. The molecule has 0 saturated carbocycles. The zero-order valence-electron chi connectivity index (χ0n) is 10.2.